The molecule has 176 valence electrons. The number of pyridine rings is 1. The van der Waals surface area contributed by atoms with Gasteiger partial charge in [0, 0.05) is 38.2 Å². The van der Waals surface area contributed by atoms with Crippen molar-refractivity contribution in [2.45, 2.75) is 26.7 Å². The van der Waals surface area contributed by atoms with Gasteiger partial charge in [0.25, 0.3) is 5.56 Å². The molecule has 0 bridgehead atoms. The van der Waals surface area contributed by atoms with Crippen molar-refractivity contribution in [3.63, 3.8) is 0 Å². The third kappa shape index (κ3) is 5.38. The second-order valence-corrected chi connectivity index (χ2v) is 10.9. The quantitative estimate of drug-likeness (QED) is 0.525. The van der Waals surface area contributed by atoms with E-state index in [0.717, 1.165) is 41.2 Å². The van der Waals surface area contributed by atoms with Crippen molar-refractivity contribution in [1.29, 1.82) is 0 Å². The fourth-order valence-electron chi connectivity index (χ4n) is 4.55. The molecular formula is C24H29ClN4O3S. The Hall–Kier alpha value is -2.45. The summed E-state index contributed by atoms with van der Waals surface area (Å²) in [6.45, 7) is 6.41. The highest BCUT2D eigenvalue weighted by atomic mass is 35.5. The normalized spacial score (nSPS) is 19.6. The van der Waals surface area contributed by atoms with E-state index < -0.39 is 10.8 Å². The molecule has 0 radical (unpaired) electrons. The van der Waals surface area contributed by atoms with Crippen molar-refractivity contribution >= 4 is 39.3 Å². The standard InChI is InChI=1S/C24H29ClN4O3S/c1-15-7-16(2)13-29(12-15)24-26-11-19(25)20(27-24)9-17-5-6-21-18(8-17)10-22(23(30)28(21)3)32-14-33(4)31/h5-6,8,10-11,15-16H,7,9,12-14H2,1-4H3/t15-,16+,33-/m1/s1. The van der Waals surface area contributed by atoms with E-state index in [1.807, 2.05) is 18.2 Å². The lowest BCUT2D eigenvalue weighted by atomic mass is 9.92. The molecule has 4 rings (SSSR count). The van der Waals surface area contributed by atoms with Crippen LogP contribution in [0.4, 0.5) is 5.95 Å². The highest BCUT2D eigenvalue weighted by molar-refractivity contribution is 7.84. The van der Waals surface area contributed by atoms with Gasteiger partial charge in [-0.1, -0.05) is 31.5 Å². The number of nitrogens with zero attached hydrogens (tertiary/aromatic N) is 4. The van der Waals surface area contributed by atoms with Gasteiger partial charge in [-0.05, 0) is 42.0 Å². The Labute approximate surface area is 201 Å². The second kappa shape index (κ2) is 9.81. The zero-order chi connectivity index (χ0) is 23.7. The van der Waals surface area contributed by atoms with E-state index in [1.165, 1.54) is 12.7 Å². The van der Waals surface area contributed by atoms with Crippen LogP contribution in [0.5, 0.6) is 5.75 Å². The van der Waals surface area contributed by atoms with Gasteiger partial charge >= 0.3 is 0 Å². The van der Waals surface area contributed by atoms with Crippen molar-refractivity contribution in [2.24, 2.45) is 18.9 Å². The smallest absolute Gasteiger partial charge is 0.293 e. The Morgan fingerprint density at radius 3 is 2.64 bits per heavy atom. The molecule has 7 nitrogen and oxygen atoms in total. The summed E-state index contributed by atoms with van der Waals surface area (Å²) < 4.78 is 18.4. The molecule has 3 atom stereocenters. The van der Waals surface area contributed by atoms with Gasteiger partial charge in [-0.15, -0.1) is 0 Å². The van der Waals surface area contributed by atoms with E-state index in [1.54, 1.807) is 23.9 Å². The topological polar surface area (TPSA) is 77.3 Å². The minimum Gasteiger partial charge on any atom is -0.475 e. The molecular weight excluding hydrogens is 460 g/mol. The van der Waals surface area contributed by atoms with Crippen LogP contribution < -0.4 is 15.2 Å². The minimum atomic E-state index is -1.16. The third-order valence-corrected chi connectivity index (χ3v) is 6.73. The molecule has 1 fully saturated rings. The summed E-state index contributed by atoms with van der Waals surface area (Å²) in [5, 5.41) is 1.39. The first kappa shape index (κ1) is 23.7. The van der Waals surface area contributed by atoms with E-state index in [0.29, 0.717) is 23.3 Å². The molecule has 1 saturated heterocycles. The van der Waals surface area contributed by atoms with Crippen LogP contribution in [-0.2, 0) is 24.3 Å². The molecule has 0 spiro atoms. The van der Waals surface area contributed by atoms with E-state index in [2.05, 4.69) is 23.7 Å². The number of hydrogen-bond donors (Lipinski definition) is 0. The number of aromatic nitrogens is 3. The summed E-state index contributed by atoms with van der Waals surface area (Å²) in [5.74, 6) is 2.09. The third-order valence-electron chi connectivity index (χ3n) is 5.96. The summed E-state index contributed by atoms with van der Waals surface area (Å²) in [7, 11) is 0.542. The van der Waals surface area contributed by atoms with Gasteiger partial charge in [0.2, 0.25) is 5.95 Å². The van der Waals surface area contributed by atoms with Crippen LogP contribution in [0.1, 0.15) is 31.5 Å². The summed E-state index contributed by atoms with van der Waals surface area (Å²) in [6, 6.07) is 7.61. The van der Waals surface area contributed by atoms with Gasteiger partial charge in [-0.3, -0.25) is 9.00 Å². The zero-order valence-electron chi connectivity index (χ0n) is 19.4. The zero-order valence-corrected chi connectivity index (χ0v) is 20.9. The van der Waals surface area contributed by atoms with E-state index in [-0.39, 0.29) is 17.2 Å². The Balaban J connectivity index is 1.64. The van der Waals surface area contributed by atoms with Crippen LogP contribution in [-0.4, -0.2) is 44.0 Å². The number of hydrogen-bond acceptors (Lipinski definition) is 6. The van der Waals surface area contributed by atoms with Crippen molar-refractivity contribution in [3.8, 4) is 5.75 Å². The average molecular weight is 489 g/mol. The van der Waals surface area contributed by atoms with Crippen molar-refractivity contribution in [3.05, 3.63) is 57.1 Å². The molecule has 0 N–H and O–H groups in total. The monoisotopic (exact) mass is 488 g/mol. The summed E-state index contributed by atoms with van der Waals surface area (Å²) in [5.41, 5.74) is 2.32. The summed E-state index contributed by atoms with van der Waals surface area (Å²) in [6.07, 6.45) is 4.98. The maximum absolute atomic E-state index is 12.5. The summed E-state index contributed by atoms with van der Waals surface area (Å²) >= 11 is 6.46. The molecule has 3 aromatic rings. The van der Waals surface area contributed by atoms with Gasteiger partial charge in [0.15, 0.2) is 11.7 Å². The first-order chi connectivity index (χ1) is 15.7. The minimum absolute atomic E-state index is 0.0203. The van der Waals surface area contributed by atoms with Gasteiger partial charge < -0.3 is 14.2 Å². The predicted octanol–water partition coefficient (Wildman–Crippen LogP) is 3.77. The first-order valence-electron chi connectivity index (χ1n) is 11.0. The number of benzene rings is 1. The lowest BCUT2D eigenvalue weighted by Gasteiger charge is -2.35. The van der Waals surface area contributed by atoms with Crippen LogP contribution in [0.3, 0.4) is 0 Å². The van der Waals surface area contributed by atoms with Crippen LogP contribution in [0, 0.1) is 11.8 Å². The molecule has 0 saturated carbocycles. The Morgan fingerprint density at radius 1 is 1.21 bits per heavy atom. The van der Waals surface area contributed by atoms with Crippen molar-refractivity contribution in [1.82, 2.24) is 14.5 Å². The van der Waals surface area contributed by atoms with E-state index >= 15 is 0 Å². The molecule has 9 heteroatoms. The number of anilines is 1. The number of rotatable bonds is 6. The Morgan fingerprint density at radius 2 is 1.94 bits per heavy atom. The fourth-order valence-corrected chi connectivity index (χ4v) is 5.00. The molecule has 0 amide bonds. The first-order valence-corrected chi connectivity index (χ1v) is 13.1. The van der Waals surface area contributed by atoms with Gasteiger partial charge in [-0.2, -0.15) is 0 Å². The fraction of sp³-hybridized carbons (Fsp3) is 0.458. The SMILES string of the molecule is C[C@@H]1C[C@H](C)CN(c2ncc(Cl)c(Cc3ccc4c(c3)cc(OC[S@@](C)=O)c(=O)n4C)n2)C1. The van der Waals surface area contributed by atoms with Crippen molar-refractivity contribution in [2.75, 3.05) is 30.2 Å². The van der Waals surface area contributed by atoms with Crippen LogP contribution in [0.2, 0.25) is 5.02 Å². The Kier molecular flexibility index (Phi) is 7.05. The molecule has 33 heavy (non-hydrogen) atoms. The molecule has 3 heterocycles. The second-order valence-electron chi connectivity index (χ2n) is 9.09. The molecule has 0 unspecified atom stereocenters. The number of aryl methyl sites for hydroxylation is 1. The average Bonchev–Trinajstić information content (AvgIpc) is 2.76. The van der Waals surface area contributed by atoms with Gasteiger partial charge in [0.05, 0.1) is 33.2 Å². The van der Waals surface area contributed by atoms with E-state index in [4.69, 9.17) is 21.3 Å². The number of fused-ring (bicyclic) bond motifs is 1. The number of piperidine rings is 1. The molecule has 1 aliphatic rings. The molecule has 1 aliphatic heterocycles. The van der Waals surface area contributed by atoms with Crippen molar-refractivity contribution < 1.29 is 8.95 Å². The Bertz CT molecular complexity index is 1250. The molecule has 0 aliphatic carbocycles. The van der Waals surface area contributed by atoms with Crippen LogP contribution in [0.25, 0.3) is 10.9 Å². The lowest BCUT2D eigenvalue weighted by Crippen LogP contribution is -2.39. The predicted molar refractivity (Wildman–Crippen MR) is 134 cm³/mol. The largest absolute Gasteiger partial charge is 0.475 e. The maximum atomic E-state index is 12.5. The molecule has 1 aromatic carbocycles. The van der Waals surface area contributed by atoms with Crippen LogP contribution >= 0.6 is 11.6 Å². The van der Waals surface area contributed by atoms with Gasteiger partial charge in [-0.25, -0.2) is 9.97 Å². The molecule has 2 aromatic heterocycles. The summed E-state index contributed by atoms with van der Waals surface area (Å²) in [4.78, 5) is 24.1. The number of ether oxygens (including phenoxy) is 1. The highest BCUT2D eigenvalue weighted by Crippen LogP contribution is 2.27. The number of halogens is 1. The lowest BCUT2D eigenvalue weighted by molar-refractivity contribution is 0.353. The highest BCUT2D eigenvalue weighted by Gasteiger charge is 2.24. The van der Waals surface area contributed by atoms with Gasteiger partial charge in [0.1, 0.15) is 0 Å². The maximum Gasteiger partial charge on any atom is 0.293 e. The van der Waals surface area contributed by atoms with Crippen LogP contribution in [0.15, 0.2) is 35.3 Å². The van der Waals surface area contributed by atoms with E-state index in [9.17, 15) is 9.00 Å².